The highest BCUT2D eigenvalue weighted by atomic mass is 15.1. The van der Waals surface area contributed by atoms with E-state index in [1.165, 1.54) is 44.2 Å². The van der Waals surface area contributed by atoms with Crippen molar-refractivity contribution in [2.24, 2.45) is 0 Å². The molecule has 2 heteroatoms. The van der Waals surface area contributed by atoms with Crippen LogP contribution in [0.5, 0.6) is 0 Å². The molecule has 1 fully saturated rings. The molecule has 1 aliphatic carbocycles. The molecule has 100 valence electrons. The third kappa shape index (κ3) is 3.26. The molecule has 2 rings (SSSR count). The van der Waals surface area contributed by atoms with Crippen LogP contribution in [0.15, 0.2) is 30.3 Å². The van der Waals surface area contributed by atoms with Gasteiger partial charge in [-0.3, -0.25) is 0 Å². The van der Waals surface area contributed by atoms with Gasteiger partial charge in [0.15, 0.2) is 0 Å². The van der Waals surface area contributed by atoms with Crippen molar-refractivity contribution in [3.05, 3.63) is 30.3 Å². The number of para-hydroxylation sites is 1. The SMILES string of the molecule is CNC1(CCN(C)c2ccccc2)CCCCC1. The predicted molar refractivity (Wildman–Crippen MR) is 79.2 cm³/mol. The summed E-state index contributed by atoms with van der Waals surface area (Å²) in [5.74, 6) is 0. The summed E-state index contributed by atoms with van der Waals surface area (Å²) >= 11 is 0. The van der Waals surface area contributed by atoms with E-state index in [-0.39, 0.29) is 0 Å². The van der Waals surface area contributed by atoms with Crippen molar-refractivity contribution in [3.8, 4) is 0 Å². The van der Waals surface area contributed by atoms with Gasteiger partial charge >= 0.3 is 0 Å². The zero-order valence-corrected chi connectivity index (χ0v) is 11.8. The third-order valence-corrected chi connectivity index (χ3v) is 4.46. The Hall–Kier alpha value is -1.02. The van der Waals surface area contributed by atoms with Crippen LogP contribution in [0.1, 0.15) is 38.5 Å². The molecule has 0 aromatic heterocycles. The molecule has 0 unspecified atom stereocenters. The van der Waals surface area contributed by atoms with Gasteiger partial charge < -0.3 is 10.2 Å². The topological polar surface area (TPSA) is 15.3 Å². The molecule has 0 atom stereocenters. The van der Waals surface area contributed by atoms with Crippen molar-refractivity contribution < 1.29 is 0 Å². The lowest BCUT2D eigenvalue weighted by Gasteiger charge is -2.38. The van der Waals surface area contributed by atoms with Gasteiger partial charge in [0.05, 0.1) is 0 Å². The lowest BCUT2D eigenvalue weighted by molar-refractivity contribution is 0.233. The van der Waals surface area contributed by atoms with Crippen molar-refractivity contribution in [1.29, 1.82) is 0 Å². The van der Waals surface area contributed by atoms with E-state index in [0.717, 1.165) is 6.54 Å². The standard InChI is InChI=1S/C16H26N2/c1-17-16(11-7-4-8-12-16)13-14-18(2)15-9-5-3-6-10-15/h3,5-6,9-10,17H,4,7-8,11-14H2,1-2H3. The van der Waals surface area contributed by atoms with Crippen LogP contribution in [0.2, 0.25) is 0 Å². The van der Waals surface area contributed by atoms with Crippen molar-refractivity contribution in [3.63, 3.8) is 0 Å². The van der Waals surface area contributed by atoms with Crippen LogP contribution >= 0.6 is 0 Å². The van der Waals surface area contributed by atoms with E-state index in [0.29, 0.717) is 5.54 Å². The highest BCUT2D eigenvalue weighted by Crippen LogP contribution is 2.31. The molecule has 0 spiro atoms. The fraction of sp³-hybridized carbons (Fsp3) is 0.625. The van der Waals surface area contributed by atoms with Crippen LogP contribution in [0.25, 0.3) is 0 Å². The summed E-state index contributed by atoms with van der Waals surface area (Å²) in [5.41, 5.74) is 1.71. The van der Waals surface area contributed by atoms with E-state index in [1.807, 2.05) is 0 Å². The first-order valence-electron chi connectivity index (χ1n) is 7.21. The van der Waals surface area contributed by atoms with Gasteiger partial charge in [0, 0.05) is 24.8 Å². The summed E-state index contributed by atoms with van der Waals surface area (Å²) in [6, 6.07) is 10.7. The van der Waals surface area contributed by atoms with Gasteiger partial charge in [-0.15, -0.1) is 0 Å². The van der Waals surface area contributed by atoms with Crippen LogP contribution in [0.3, 0.4) is 0 Å². The third-order valence-electron chi connectivity index (χ3n) is 4.46. The molecular weight excluding hydrogens is 220 g/mol. The maximum atomic E-state index is 3.60. The smallest absolute Gasteiger partial charge is 0.0363 e. The molecule has 0 radical (unpaired) electrons. The van der Waals surface area contributed by atoms with Gasteiger partial charge in [-0.2, -0.15) is 0 Å². The van der Waals surface area contributed by atoms with Crippen molar-refractivity contribution in [2.75, 3.05) is 25.5 Å². The Labute approximate surface area is 111 Å². The second-order valence-corrected chi connectivity index (χ2v) is 5.60. The van der Waals surface area contributed by atoms with E-state index in [9.17, 15) is 0 Å². The van der Waals surface area contributed by atoms with Gasteiger partial charge in [0.2, 0.25) is 0 Å². The Balaban J connectivity index is 1.90. The number of nitrogens with one attached hydrogen (secondary N) is 1. The minimum absolute atomic E-state index is 0.390. The average Bonchev–Trinajstić information content (AvgIpc) is 2.47. The Kier molecular flexibility index (Phi) is 4.65. The maximum absolute atomic E-state index is 3.60. The summed E-state index contributed by atoms with van der Waals surface area (Å²) in [5, 5.41) is 3.60. The lowest BCUT2D eigenvalue weighted by atomic mass is 9.79. The first-order valence-corrected chi connectivity index (χ1v) is 7.21. The molecule has 0 heterocycles. The zero-order chi connectivity index (χ0) is 12.8. The van der Waals surface area contributed by atoms with Crippen molar-refractivity contribution in [2.45, 2.75) is 44.1 Å². The number of hydrogen-bond donors (Lipinski definition) is 1. The fourth-order valence-electron chi connectivity index (χ4n) is 3.05. The van der Waals surface area contributed by atoms with Gasteiger partial charge in [0.1, 0.15) is 0 Å². The molecule has 1 aliphatic rings. The minimum Gasteiger partial charge on any atom is -0.375 e. The number of benzene rings is 1. The Morgan fingerprint density at radius 3 is 2.39 bits per heavy atom. The zero-order valence-electron chi connectivity index (χ0n) is 11.8. The molecule has 0 saturated heterocycles. The summed E-state index contributed by atoms with van der Waals surface area (Å²) in [6.07, 6.45) is 8.11. The predicted octanol–water partition coefficient (Wildman–Crippen LogP) is 3.44. The van der Waals surface area contributed by atoms with Crippen molar-refractivity contribution >= 4 is 5.69 Å². The molecule has 0 aliphatic heterocycles. The highest BCUT2D eigenvalue weighted by Gasteiger charge is 2.29. The molecule has 1 aromatic carbocycles. The Morgan fingerprint density at radius 1 is 1.11 bits per heavy atom. The largest absolute Gasteiger partial charge is 0.375 e. The van der Waals surface area contributed by atoms with E-state index in [2.05, 4.69) is 54.6 Å². The number of anilines is 1. The number of hydrogen-bond acceptors (Lipinski definition) is 2. The quantitative estimate of drug-likeness (QED) is 0.856. The van der Waals surface area contributed by atoms with Crippen LogP contribution in [0, 0.1) is 0 Å². The summed E-state index contributed by atoms with van der Waals surface area (Å²) in [7, 11) is 4.33. The molecular formula is C16H26N2. The van der Waals surface area contributed by atoms with Crippen LogP contribution in [-0.2, 0) is 0 Å². The van der Waals surface area contributed by atoms with E-state index >= 15 is 0 Å². The minimum atomic E-state index is 0.390. The second kappa shape index (κ2) is 6.24. The van der Waals surface area contributed by atoms with E-state index in [4.69, 9.17) is 0 Å². The lowest BCUT2D eigenvalue weighted by Crippen LogP contribution is -2.46. The number of rotatable bonds is 5. The fourth-order valence-corrected chi connectivity index (χ4v) is 3.05. The van der Waals surface area contributed by atoms with E-state index in [1.54, 1.807) is 0 Å². The Morgan fingerprint density at radius 2 is 1.78 bits per heavy atom. The van der Waals surface area contributed by atoms with Crippen molar-refractivity contribution in [1.82, 2.24) is 5.32 Å². The maximum Gasteiger partial charge on any atom is 0.0363 e. The molecule has 0 amide bonds. The monoisotopic (exact) mass is 246 g/mol. The normalized spacial score (nSPS) is 18.6. The van der Waals surface area contributed by atoms with Gasteiger partial charge in [0.25, 0.3) is 0 Å². The molecule has 2 nitrogen and oxygen atoms in total. The van der Waals surface area contributed by atoms with E-state index < -0.39 is 0 Å². The van der Waals surface area contributed by atoms with Crippen LogP contribution < -0.4 is 10.2 Å². The molecule has 0 bridgehead atoms. The molecule has 18 heavy (non-hydrogen) atoms. The summed E-state index contributed by atoms with van der Waals surface area (Å²) in [4.78, 5) is 2.37. The molecule has 1 saturated carbocycles. The number of nitrogens with zero attached hydrogens (tertiary/aromatic N) is 1. The summed E-state index contributed by atoms with van der Waals surface area (Å²) < 4.78 is 0. The summed E-state index contributed by atoms with van der Waals surface area (Å²) in [6.45, 7) is 1.13. The molecule has 1 N–H and O–H groups in total. The average molecular weight is 246 g/mol. The van der Waals surface area contributed by atoms with Crippen LogP contribution in [-0.4, -0.2) is 26.2 Å². The highest BCUT2D eigenvalue weighted by molar-refractivity contribution is 5.44. The van der Waals surface area contributed by atoms with Gasteiger partial charge in [-0.05, 0) is 38.4 Å². The first-order chi connectivity index (χ1) is 8.76. The second-order valence-electron chi connectivity index (χ2n) is 5.60. The first kappa shape index (κ1) is 13.4. The Bertz CT molecular complexity index is 341. The van der Waals surface area contributed by atoms with Gasteiger partial charge in [-0.25, -0.2) is 0 Å². The molecule has 1 aromatic rings. The van der Waals surface area contributed by atoms with Crippen LogP contribution in [0.4, 0.5) is 5.69 Å². The van der Waals surface area contributed by atoms with Gasteiger partial charge in [-0.1, -0.05) is 37.5 Å².